The third kappa shape index (κ3) is 5.99. The molecule has 0 radical (unpaired) electrons. The van der Waals surface area contributed by atoms with E-state index in [9.17, 15) is 0 Å². The molecule has 3 nitrogen and oxygen atoms in total. The second-order valence-electron chi connectivity index (χ2n) is 6.81. The molecule has 3 rings (SSSR count). The molecule has 0 unspecified atom stereocenters. The molecule has 1 heterocycles. The van der Waals surface area contributed by atoms with E-state index in [2.05, 4.69) is 70.1 Å². The van der Waals surface area contributed by atoms with Crippen LogP contribution >= 0.6 is 35.3 Å². The van der Waals surface area contributed by atoms with Crippen molar-refractivity contribution in [3.05, 3.63) is 58.3 Å². The van der Waals surface area contributed by atoms with Crippen molar-refractivity contribution in [2.45, 2.75) is 25.7 Å². The van der Waals surface area contributed by atoms with Gasteiger partial charge < -0.3 is 10.2 Å². The molecular weight excluding hydrogens is 441 g/mol. The molecule has 1 fully saturated rings. The van der Waals surface area contributed by atoms with Crippen LogP contribution in [0.15, 0.2) is 52.8 Å². The molecule has 1 saturated carbocycles. The number of rotatable bonds is 7. The molecule has 0 amide bonds. The predicted molar refractivity (Wildman–Crippen MR) is 119 cm³/mol. The third-order valence-corrected chi connectivity index (χ3v) is 5.78. The van der Waals surface area contributed by atoms with E-state index in [4.69, 9.17) is 0 Å². The van der Waals surface area contributed by atoms with Gasteiger partial charge in [0.05, 0.1) is 0 Å². The Bertz CT molecular complexity index is 651. The fourth-order valence-electron chi connectivity index (χ4n) is 3.11. The Kier molecular flexibility index (Phi) is 7.75. The molecule has 1 aromatic heterocycles. The lowest BCUT2D eigenvalue weighted by Gasteiger charge is -2.24. The predicted octanol–water partition coefficient (Wildman–Crippen LogP) is 4.44. The fourth-order valence-corrected chi connectivity index (χ4v) is 3.81. The lowest BCUT2D eigenvalue weighted by atomic mass is 9.96. The normalized spacial score (nSPS) is 15.4. The summed E-state index contributed by atoms with van der Waals surface area (Å²) >= 11 is 1.83. The minimum atomic E-state index is 0. The molecule has 1 aliphatic carbocycles. The summed E-state index contributed by atoms with van der Waals surface area (Å²) in [4.78, 5) is 8.13. The maximum absolute atomic E-state index is 4.46. The second kappa shape index (κ2) is 9.57. The molecule has 0 saturated heterocycles. The van der Waals surface area contributed by atoms with Gasteiger partial charge in [-0.3, -0.25) is 4.99 Å². The number of benzene rings is 1. The number of hydrogen-bond acceptors (Lipinski definition) is 2. The summed E-state index contributed by atoms with van der Waals surface area (Å²) in [6.45, 7) is 2.00. The van der Waals surface area contributed by atoms with E-state index >= 15 is 0 Å². The number of guanidine groups is 1. The molecular formula is C20H28IN3S. The molecule has 0 spiro atoms. The standard InChI is InChI=1S/C20H27N3S.HI/c1-21-19(23(2)13-10-18-9-6-14-24-18)22-16-20(11-12-20)15-17-7-4-3-5-8-17;/h3-9,14H,10-13,15-16H2,1-2H3,(H,21,22);1H. The molecule has 136 valence electrons. The van der Waals surface area contributed by atoms with Crippen molar-refractivity contribution in [2.75, 3.05) is 27.2 Å². The fraction of sp³-hybridized carbons (Fsp3) is 0.450. The van der Waals surface area contributed by atoms with Crippen molar-refractivity contribution in [1.29, 1.82) is 0 Å². The highest BCUT2D eigenvalue weighted by Gasteiger charge is 2.42. The Morgan fingerprint density at radius 2 is 1.96 bits per heavy atom. The SMILES string of the molecule is CN=C(NCC1(Cc2ccccc2)CC1)N(C)CCc1cccs1.I. The van der Waals surface area contributed by atoms with Gasteiger partial charge in [0, 0.05) is 32.1 Å². The number of aliphatic imine (C=N–C) groups is 1. The number of thiophene rings is 1. The van der Waals surface area contributed by atoms with Gasteiger partial charge in [-0.2, -0.15) is 0 Å². The lowest BCUT2D eigenvalue weighted by molar-refractivity contribution is 0.448. The van der Waals surface area contributed by atoms with Crippen LogP contribution in [0.1, 0.15) is 23.3 Å². The van der Waals surface area contributed by atoms with E-state index in [0.717, 1.165) is 31.9 Å². The van der Waals surface area contributed by atoms with Gasteiger partial charge in [0.15, 0.2) is 5.96 Å². The monoisotopic (exact) mass is 469 g/mol. The van der Waals surface area contributed by atoms with E-state index in [0.29, 0.717) is 5.41 Å². The lowest BCUT2D eigenvalue weighted by Crippen LogP contribution is -2.42. The third-order valence-electron chi connectivity index (χ3n) is 4.85. The van der Waals surface area contributed by atoms with E-state index in [1.807, 2.05) is 18.4 Å². The first kappa shape index (κ1) is 20.2. The topological polar surface area (TPSA) is 27.6 Å². The number of hydrogen-bond donors (Lipinski definition) is 1. The van der Waals surface area contributed by atoms with Gasteiger partial charge in [0.25, 0.3) is 0 Å². The first-order valence-electron chi connectivity index (χ1n) is 8.69. The molecule has 5 heteroatoms. The van der Waals surface area contributed by atoms with E-state index < -0.39 is 0 Å². The van der Waals surface area contributed by atoms with Crippen molar-refractivity contribution in [2.24, 2.45) is 10.4 Å². The summed E-state index contributed by atoms with van der Waals surface area (Å²) in [6, 6.07) is 15.2. The second-order valence-corrected chi connectivity index (χ2v) is 7.85. The Balaban J connectivity index is 0.00000225. The van der Waals surface area contributed by atoms with E-state index in [-0.39, 0.29) is 24.0 Å². The highest BCUT2D eigenvalue weighted by atomic mass is 127. The number of nitrogens with zero attached hydrogens (tertiary/aromatic N) is 2. The van der Waals surface area contributed by atoms with Crippen molar-refractivity contribution in [3.8, 4) is 0 Å². The van der Waals surface area contributed by atoms with Crippen LogP contribution in [-0.2, 0) is 12.8 Å². The Morgan fingerprint density at radius 3 is 2.56 bits per heavy atom. The Labute approximate surface area is 172 Å². The first-order chi connectivity index (χ1) is 11.7. The summed E-state index contributed by atoms with van der Waals surface area (Å²) < 4.78 is 0. The summed E-state index contributed by atoms with van der Waals surface area (Å²) in [5.74, 6) is 1.01. The van der Waals surface area contributed by atoms with Crippen molar-refractivity contribution < 1.29 is 0 Å². The first-order valence-corrected chi connectivity index (χ1v) is 9.57. The minimum absolute atomic E-state index is 0. The average Bonchev–Trinajstić information content (AvgIpc) is 3.16. The van der Waals surface area contributed by atoms with Crippen LogP contribution in [0, 0.1) is 5.41 Å². The van der Waals surface area contributed by atoms with Gasteiger partial charge in [-0.05, 0) is 48.1 Å². The van der Waals surface area contributed by atoms with Gasteiger partial charge in [-0.25, -0.2) is 0 Å². The molecule has 0 bridgehead atoms. The van der Waals surface area contributed by atoms with Crippen LogP contribution in [0.25, 0.3) is 0 Å². The summed E-state index contributed by atoms with van der Waals surface area (Å²) in [6.07, 6.45) is 4.86. The number of halogens is 1. The van der Waals surface area contributed by atoms with Gasteiger partial charge in [0.1, 0.15) is 0 Å². The van der Waals surface area contributed by atoms with E-state index in [1.54, 1.807) is 0 Å². The van der Waals surface area contributed by atoms with E-state index in [1.165, 1.54) is 23.3 Å². The molecule has 2 aromatic rings. The van der Waals surface area contributed by atoms with Crippen LogP contribution < -0.4 is 5.32 Å². The highest BCUT2D eigenvalue weighted by molar-refractivity contribution is 14.0. The molecule has 1 N–H and O–H groups in total. The largest absolute Gasteiger partial charge is 0.356 e. The number of likely N-dealkylation sites (N-methyl/N-ethyl adjacent to an activating group) is 1. The van der Waals surface area contributed by atoms with Crippen molar-refractivity contribution in [1.82, 2.24) is 10.2 Å². The van der Waals surface area contributed by atoms with Crippen LogP contribution in [0.5, 0.6) is 0 Å². The van der Waals surface area contributed by atoms with Crippen LogP contribution in [0.2, 0.25) is 0 Å². The zero-order chi connectivity index (χ0) is 16.8. The zero-order valence-corrected chi connectivity index (χ0v) is 18.2. The van der Waals surface area contributed by atoms with Crippen LogP contribution in [-0.4, -0.2) is 38.0 Å². The maximum Gasteiger partial charge on any atom is 0.193 e. The molecule has 0 aliphatic heterocycles. The quantitative estimate of drug-likeness (QED) is 0.369. The molecule has 1 aromatic carbocycles. The average molecular weight is 469 g/mol. The molecule has 0 atom stereocenters. The van der Waals surface area contributed by atoms with Crippen molar-refractivity contribution in [3.63, 3.8) is 0 Å². The molecule has 1 aliphatic rings. The Hall–Kier alpha value is -1.08. The summed E-state index contributed by atoms with van der Waals surface area (Å²) in [7, 11) is 4.00. The Morgan fingerprint density at radius 1 is 1.20 bits per heavy atom. The maximum atomic E-state index is 4.46. The van der Waals surface area contributed by atoms with Crippen LogP contribution in [0.3, 0.4) is 0 Å². The minimum Gasteiger partial charge on any atom is -0.356 e. The van der Waals surface area contributed by atoms with Gasteiger partial charge in [-0.15, -0.1) is 35.3 Å². The highest BCUT2D eigenvalue weighted by Crippen LogP contribution is 2.47. The van der Waals surface area contributed by atoms with Gasteiger partial charge in [-0.1, -0.05) is 36.4 Å². The smallest absolute Gasteiger partial charge is 0.193 e. The summed E-state index contributed by atoms with van der Waals surface area (Å²) in [5, 5.41) is 5.74. The zero-order valence-electron chi connectivity index (χ0n) is 15.1. The molecule has 25 heavy (non-hydrogen) atoms. The summed E-state index contributed by atoms with van der Waals surface area (Å²) in [5.41, 5.74) is 1.86. The van der Waals surface area contributed by atoms with Crippen molar-refractivity contribution >= 4 is 41.3 Å². The van der Waals surface area contributed by atoms with Crippen LogP contribution in [0.4, 0.5) is 0 Å². The van der Waals surface area contributed by atoms with Gasteiger partial charge in [0.2, 0.25) is 0 Å². The van der Waals surface area contributed by atoms with Gasteiger partial charge >= 0.3 is 0 Å². The number of nitrogens with one attached hydrogen (secondary N) is 1.